The van der Waals surface area contributed by atoms with E-state index in [4.69, 9.17) is 4.74 Å². The molecule has 0 radical (unpaired) electrons. The van der Waals surface area contributed by atoms with Gasteiger partial charge in [0.15, 0.2) is 0 Å². The van der Waals surface area contributed by atoms with Crippen molar-refractivity contribution >= 4 is 0 Å². The molecular formula is C17H19FO2. The molecule has 0 saturated heterocycles. The number of rotatable bonds is 5. The van der Waals surface area contributed by atoms with Crippen LogP contribution in [0.2, 0.25) is 0 Å². The molecule has 0 aromatic heterocycles. The summed E-state index contributed by atoms with van der Waals surface area (Å²) in [7, 11) is 0. The molecule has 1 unspecified atom stereocenters. The van der Waals surface area contributed by atoms with E-state index in [0.717, 1.165) is 16.9 Å². The third kappa shape index (κ3) is 3.58. The Bertz CT molecular complexity index is 561. The van der Waals surface area contributed by atoms with Gasteiger partial charge < -0.3 is 9.84 Å². The van der Waals surface area contributed by atoms with Gasteiger partial charge in [0.1, 0.15) is 11.6 Å². The lowest BCUT2D eigenvalue weighted by molar-refractivity contribution is 0.0575. The monoisotopic (exact) mass is 274 g/mol. The highest BCUT2D eigenvalue weighted by atomic mass is 19.1. The molecule has 0 bridgehead atoms. The van der Waals surface area contributed by atoms with Gasteiger partial charge >= 0.3 is 0 Å². The van der Waals surface area contributed by atoms with Crippen LogP contribution in [-0.2, 0) is 12.0 Å². The Kier molecular flexibility index (Phi) is 4.40. The number of hydrogen-bond donors (Lipinski definition) is 1. The van der Waals surface area contributed by atoms with Crippen molar-refractivity contribution in [2.24, 2.45) is 0 Å². The van der Waals surface area contributed by atoms with Gasteiger partial charge in [-0.15, -0.1) is 0 Å². The highest BCUT2D eigenvalue weighted by Crippen LogP contribution is 2.27. The average molecular weight is 274 g/mol. The van der Waals surface area contributed by atoms with E-state index in [2.05, 4.69) is 0 Å². The van der Waals surface area contributed by atoms with Crippen LogP contribution in [0.15, 0.2) is 48.5 Å². The molecule has 2 aromatic carbocycles. The smallest absolute Gasteiger partial charge is 0.123 e. The fourth-order valence-corrected chi connectivity index (χ4v) is 2.22. The van der Waals surface area contributed by atoms with E-state index >= 15 is 0 Å². The molecule has 0 heterocycles. The van der Waals surface area contributed by atoms with E-state index in [1.54, 1.807) is 13.0 Å². The van der Waals surface area contributed by atoms with Crippen molar-refractivity contribution in [3.05, 3.63) is 65.5 Å². The minimum atomic E-state index is -1.04. The van der Waals surface area contributed by atoms with Crippen LogP contribution < -0.4 is 4.74 Å². The second kappa shape index (κ2) is 6.06. The van der Waals surface area contributed by atoms with E-state index in [9.17, 15) is 9.50 Å². The zero-order chi connectivity index (χ0) is 14.6. The van der Waals surface area contributed by atoms with E-state index in [0.29, 0.717) is 13.0 Å². The van der Waals surface area contributed by atoms with Crippen molar-refractivity contribution in [3.8, 4) is 5.75 Å². The van der Waals surface area contributed by atoms with Gasteiger partial charge in [-0.05, 0) is 49.2 Å². The maximum Gasteiger partial charge on any atom is 0.123 e. The van der Waals surface area contributed by atoms with Crippen LogP contribution in [0, 0.1) is 5.82 Å². The maximum atomic E-state index is 13.2. The zero-order valence-corrected chi connectivity index (χ0v) is 11.8. The quantitative estimate of drug-likeness (QED) is 0.901. The zero-order valence-electron chi connectivity index (χ0n) is 11.8. The molecule has 2 nitrogen and oxygen atoms in total. The summed E-state index contributed by atoms with van der Waals surface area (Å²) in [5, 5.41) is 10.6. The Morgan fingerprint density at radius 3 is 2.45 bits per heavy atom. The van der Waals surface area contributed by atoms with E-state index < -0.39 is 5.60 Å². The molecule has 2 aromatic rings. The molecule has 1 N–H and O–H groups in total. The molecule has 106 valence electrons. The van der Waals surface area contributed by atoms with Crippen molar-refractivity contribution in [1.29, 1.82) is 0 Å². The topological polar surface area (TPSA) is 29.5 Å². The minimum Gasteiger partial charge on any atom is -0.494 e. The Morgan fingerprint density at radius 2 is 1.85 bits per heavy atom. The Labute approximate surface area is 118 Å². The molecular weight excluding hydrogens is 255 g/mol. The first kappa shape index (κ1) is 14.5. The van der Waals surface area contributed by atoms with Crippen LogP contribution in [0.5, 0.6) is 5.75 Å². The van der Waals surface area contributed by atoms with Gasteiger partial charge in [-0.1, -0.05) is 24.3 Å². The van der Waals surface area contributed by atoms with E-state index in [1.165, 1.54) is 12.1 Å². The van der Waals surface area contributed by atoms with E-state index in [1.807, 2.05) is 37.3 Å². The fourth-order valence-electron chi connectivity index (χ4n) is 2.22. The molecule has 0 spiro atoms. The molecule has 2 rings (SSSR count). The van der Waals surface area contributed by atoms with Gasteiger partial charge in [0.05, 0.1) is 12.2 Å². The lowest BCUT2D eigenvalue weighted by Gasteiger charge is -2.24. The summed E-state index contributed by atoms with van der Waals surface area (Å²) in [4.78, 5) is 0. The molecule has 0 aliphatic carbocycles. The number of aliphatic hydroxyl groups is 1. The van der Waals surface area contributed by atoms with Crippen LogP contribution in [0.25, 0.3) is 0 Å². The fraction of sp³-hybridized carbons (Fsp3) is 0.294. The SMILES string of the molecule is CCOc1ccc(C(C)(O)Cc2cccc(F)c2)cc1. The summed E-state index contributed by atoms with van der Waals surface area (Å²) < 4.78 is 18.6. The van der Waals surface area contributed by atoms with Crippen LogP contribution in [0.3, 0.4) is 0 Å². The van der Waals surface area contributed by atoms with Crippen LogP contribution >= 0.6 is 0 Å². The standard InChI is InChI=1S/C17H19FO2/c1-3-20-16-9-7-14(8-10-16)17(2,19)12-13-5-4-6-15(18)11-13/h4-11,19H,3,12H2,1-2H3. The Morgan fingerprint density at radius 1 is 1.15 bits per heavy atom. The first-order valence-corrected chi connectivity index (χ1v) is 6.71. The number of hydrogen-bond acceptors (Lipinski definition) is 2. The summed E-state index contributed by atoms with van der Waals surface area (Å²) in [5.74, 6) is 0.489. The molecule has 3 heteroatoms. The van der Waals surface area contributed by atoms with Crippen molar-refractivity contribution in [2.75, 3.05) is 6.61 Å². The van der Waals surface area contributed by atoms with Gasteiger partial charge in [0.25, 0.3) is 0 Å². The van der Waals surface area contributed by atoms with Crippen LogP contribution in [-0.4, -0.2) is 11.7 Å². The summed E-state index contributed by atoms with van der Waals surface area (Å²) >= 11 is 0. The first-order chi connectivity index (χ1) is 9.51. The molecule has 0 amide bonds. The van der Waals surface area contributed by atoms with Crippen molar-refractivity contribution < 1.29 is 14.2 Å². The predicted molar refractivity (Wildman–Crippen MR) is 77.3 cm³/mol. The average Bonchev–Trinajstić information content (AvgIpc) is 2.39. The summed E-state index contributed by atoms with van der Waals surface area (Å²) in [6.45, 7) is 4.26. The van der Waals surface area contributed by atoms with Crippen molar-refractivity contribution in [1.82, 2.24) is 0 Å². The predicted octanol–water partition coefficient (Wildman–Crippen LogP) is 3.67. The van der Waals surface area contributed by atoms with Gasteiger partial charge in [-0.25, -0.2) is 4.39 Å². The molecule has 0 aliphatic heterocycles. The number of benzene rings is 2. The van der Waals surface area contributed by atoms with Gasteiger partial charge in [-0.2, -0.15) is 0 Å². The van der Waals surface area contributed by atoms with Gasteiger partial charge in [-0.3, -0.25) is 0 Å². The molecule has 0 aliphatic rings. The van der Waals surface area contributed by atoms with Crippen LogP contribution in [0.4, 0.5) is 4.39 Å². The summed E-state index contributed by atoms with van der Waals surface area (Å²) in [6, 6.07) is 13.6. The highest BCUT2D eigenvalue weighted by Gasteiger charge is 2.23. The third-order valence-corrected chi connectivity index (χ3v) is 3.22. The molecule has 0 fully saturated rings. The first-order valence-electron chi connectivity index (χ1n) is 6.71. The minimum absolute atomic E-state index is 0.287. The maximum absolute atomic E-state index is 13.2. The lowest BCUT2D eigenvalue weighted by atomic mass is 9.89. The normalized spacial score (nSPS) is 13.8. The van der Waals surface area contributed by atoms with Gasteiger partial charge in [0, 0.05) is 6.42 Å². The number of halogens is 1. The van der Waals surface area contributed by atoms with E-state index in [-0.39, 0.29) is 5.82 Å². The molecule has 20 heavy (non-hydrogen) atoms. The molecule has 1 atom stereocenters. The lowest BCUT2D eigenvalue weighted by Crippen LogP contribution is -2.24. The second-order valence-electron chi connectivity index (χ2n) is 5.04. The number of ether oxygens (including phenoxy) is 1. The third-order valence-electron chi connectivity index (χ3n) is 3.22. The van der Waals surface area contributed by atoms with Crippen molar-refractivity contribution in [3.63, 3.8) is 0 Å². The second-order valence-corrected chi connectivity index (χ2v) is 5.04. The molecule has 0 saturated carbocycles. The Balaban J connectivity index is 2.16. The van der Waals surface area contributed by atoms with Crippen molar-refractivity contribution in [2.45, 2.75) is 25.9 Å². The largest absolute Gasteiger partial charge is 0.494 e. The summed E-state index contributed by atoms with van der Waals surface area (Å²) in [6.07, 6.45) is 0.360. The highest BCUT2D eigenvalue weighted by molar-refractivity contribution is 5.32. The Hall–Kier alpha value is -1.87. The van der Waals surface area contributed by atoms with Crippen LogP contribution in [0.1, 0.15) is 25.0 Å². The van der Waals surface area contributed by atoms with Gasteiger partial charge in [0.2, 0.25) is 0 Å². The summed E-state index contributed by atoms with van der Waals surface area (Å²) in [5.41, 5.74) is 0.507.